The normalized spacial score (nSPS) is 11.0. The van der Waals surface area contributed by atoms with Crippen molar-refractivity contribution >= 4 is 17.7 Å². The minimum atomic E-state index is -0.351. The van der Waals surface area contributed by atoms with E-state index in [0.717, 1.165) is 25.8 Å². The van der Waals surface area contributed by atoms with Gasteiger partial charge in [0.15, 0.2) is 0 Å². The smallest absolute Gasteiger partial charge is 0.246 e. The number of unbranched alkanes of at least 4 members (excludes halogenated alkanes) is 2. The molecule has 3 amide bonds. The molecule has 0 aliphatic heterocycles. The summed E-state index contributed by atoms with van der Waals surface area (Å²) in [6.07, 6.45) is 3.62. The van der Waals surface area contributed by atoms with Crippen LogP contribution in [0.4, 0.5) is 0 Å². The molecule has 0 rings (SSSR count). The molecule has 260 valence electrons. The zero-order valence-electron chi connectivity index (χ0n) is 27.0. The predicted molar refractivity (Wildman–Crippen MR) is 164 cm³/mol. The molecule has 15 heteroatoms. The lowest BCUT2D eigenvalue weighted by Gasteiger charge is -2.09. The Hall–Kier alpha value is -1.95. The molecule has 0 atom stereocenters. The van der Waals surface area contributed by atoms with Crippen LogP contribution in [0.25, 0.3) is 0 Å². The molecule has 44 heavy (non-hydrogen) atoms. The molecular weight excluding hydrogens is 580 g/mol. The van der Waals surface area contributed by atoms with Crippen molar-refractivity contribution in [1.82, 2.24) is 21.3 Å². The lowest BCUT2D eigenvalue weighted by molar-refractivity contribution is -0.129. The molecule has 0 bridgehead atoms. The van der Waals surface area contributed by atoms with Crippen LogP contribution < -0.4 is 21.3 Å². The zero-order chi connectivity index (χ0) is 32.2. The van der Waals surface area contributed by atoms with E-state index in [1.807, 2.05) is 7.05 Å². The van der Waals surface area contributed by atoms with Gasteiger partial charge in [-0.2, -0.15) is 0 Å². The quantitative estimate of drug-likeness (QED) is 0.0642. The van der Waals surface area contributed by atoms with Crippen LogP contribution in [0.1, 0.15) is 32.6 Å². The summed E-state index contributed by atoms with van der Waals surface area (Å²) >= 11 is 0. The fourth-order valence-corrected chi connectivity index (χ4v) is 3.31. The summed E-state index contributed by atoms with van der Waals surface area (Å²) in [5.74, 6) is -0.513. The van der Waals surface area contributed by atoms with Gasteiger partial charge in [-0.15, -0.1) is 0 Å². The van der Waals surface area contributed by atoms with Crippen molar-refractivity contribution < 1.29 is 52.3 Å². The van der Waals surface area contributed by atoms with Crippen molar-refractivity contribution in [2.24, 2.45) is 0 Å². The van der Waals surface area contributed by atoms with Crippen molar-refractivity contribution in [3.05, 3.63) is 0 Å². The Morgan fingerprint density at radius 3 is 1.36 bits per heavy atom. The van der Waals surface area contributed by atoms with E-state index >= 15 is 0 Å². The van der Waals surface area contributed by atoms with Crippen molar-refractivity contribution in [3.8, 4) is 0 Å². The van der Waals surface area contributed by atoms with Crippen molar-refractivity contribution in [1.29, 1.82) is 0 Å². The highest BCUT2D eigenvalue weighted by Gasteiger charge is 2.04. The van der Waals surface area contributed by atoms with Gasteiger partial charge in [-0.1, -0.05) is 6.42 Å². The molecule has 15 nitrogen and oxygen atoms in total. The number of ether oxygens (including phenoxy) is 8. The second-order valence-electron chi connectivity index (χ2n) is 9.33. The Balaban J connectivity index is 3.16. The lowest BCUT2D eigenvalue weighted by atomic mass is 10.2. The largest absolute Gasteiger partial charge is 0.377 e. The van der Waals surface area contributed by atoms with E-state index in [9.17, 15) is 14.4 Å². The van der Waals surface area contributed by atoms with Crippen LogP contribution in [-0.2, 0) is 52.3 Å². The maximum Gasteiger partial charge on any atom is 0.246 e. The minimum absolute atomic E-state index is 0.0610. The second-order valence-corrected chi connectivity index (χ2v) is 9.33. The van der Waals surface area contributed by atoms with Crippen LogP contribution in [0, 0.1) is 0 Å². The Labute approximate surface area is 263 Å². The van der Waals surface area contributed by atoms with Crippen molar-refractivity contribution in [2.45, 2.75) is 32.6 Å². The maximum absolute atomic E-state index is 11.7. The molecule has 0 radical (unpaired) electrons. The van der Waals surface area contributed by atoms with Gasteiger partial charge >= 0.3 is 0 Å². The summed E-state index contributed by atoms with van der Waals surface area (Å²) in [7, 11) is 1.93. The van der Waals surface area contributed by atoms with E-state index in [1.165, 1.54) is 0 Å². The lowest BCUT2D eigenvalue weighted by Crippen LogP contribution is -2.38. The second kappa shape index (κ2) is 35.5. The number of carbonyl (C=O) groups excluding carboxylic acids is 3. The van der Waals surface area contributed by atoms with Crippen molar-refractivity contribution in [2.75, 3.05) is 139 Å². The molecule has 0 saturated carbocycles. The molecule has 0 aliphatic rings. The van der Waals surface area contributed by atoms with Crippen molar-refractivity contribution in [3.63, 3.8) is 0 Å². The Kier molecular flexibility index (Phi) is 34.0. The van der Waals surface area contributed by atoms with Gasteiger partial charge in [0.25, 0.3) is 0 Å². The number of nitrogens with one attached hydrogen (secondary N) is 4. The number of hydrogen-bond donors (Lipinski definition) is 4. The van der Waals surface area contributed by atoms with Gasteiger partial charge in [-0.25, -0.2) is 0 Å². The molecule has 0 heterocycles. The van der Waals surface area contributed by atoms with E-state index < -0.39 is 0 Å². The molecule has 0 spiro atoms. The van der Waals surface area contributed by atoms with E-state index in [4.69, 9.17) is 37.9 Å². The first-order chi connectivity index (χ1) is 21.6. The third kappa shape index (κ3) is 34.5. The van der Waals surface area contributed by atoms with Gasteiger partial charge < -0.3 is 59.2 Å². The van der Waals surface area contributed by atoms with Crippen LogP contribution in [-0.4, -0.2) is 157 Å². The first kappa shape index (κ1) is 42.0. The standard InChI is InChI=1S/C29H58N4O11/c1-3-31-28(35)25-33-29(36)26-44-24-23-43-22-21-42-20-19-41-18-17-40-16-15-39-14-13-38-12-11-37-10-9-32-27(34)7-5-4-6-8-30-2/h30H,3-26H2,1-2H3,(H,31,35)(H,32,34)(H,33,36). The Morgan fingerprint density at radius 1 is 0.455 bits per heavy atom. The third-order valence-corrected chi connectivity index (χ3v) is 5.56. The van der Waals surface area contributed by atoms with E-state index in [0.29, 0.717) is 112 Å². The number of rotatable bonds is 35. The van der Waals surface area contributed by atoms with Gasteiger partial charge in [-0.05, 0) is 33.4 Å². The van der Waals surface area contributed by atoms with Crippen LogP contribution in [0.5, 0.6) is 0 Å². The fourth-order valence-electron chi connectivity index (χ4n) is 3.31. The van der Waals surface area contributed by atoms with Gasteiger partial charge in [-0.3, -0.25) is 14.4 Å². The summed E-state index contributed by atoms with van der Waals surface area (Å²) < 4.78 is 43.2. The van der Waals surface area contributed by atoms with E-state index in [2.05, 4.69) is 21.3 Å². The number of hydrogen-bond acceptors (Lipinski definition) is 12. The van der Waals surface area contributed by atoms with Gasteiger partial charge in [0, 0.05) is 19.5 Å². The number of likely N-dealkylation sites (N-methyl/N-ethyl adjacent to an activating group) is 1. The summed E-state index contributed by atoms with van der Waals surface area (Å²) in [5.41, 5.74) is 0. The van der Waals surface area contributed by atoms with Gasteiger partial charge in [0.1, 0.15) is 6.61 Å². The summed E-state index contributed by atoms with van der Waals surface area (Å²) in [6, 6.07) is 0. The average Bonchev–Trinajstić information content (AvgIpc) is 3.01. The molecule has 0 aromatic rings. The van der Waals surface area contributed by atoms with E-state index in [-0.39, 0.29) is 37.5 Å². The SMILES string of the molecule is CCNC(=O)CNC(=O)COCCOCCOCCOCCOCCOCCOCCOCCNC(=O)CCCCCNC. The van der Waals surface area contributed by atoms with Crippen LogP contribution in [0.15, 0.2) is 0 Å². The molecule has 0 saturated heterocycles. The maximum atomic E-state index is 11.7. The minimum Gasteiger partial charge on any atom is -0.377 e. The summed E-state index contributed by atoms with van der Waals surface area (Å²) in [6.45, 7) is 10.3. The third-order valence-electron chi connectivity index (χ3n) is 5.56. The van der Waals surface area contributed by atoms with Gasteiger partial charge in [0.05, 0.1) is 106 Å². The Morgan fingerprint density at radius 2 is 0.909 bits per heavy atom. The highest BCUT2D eigenvalue weighted by atomic mass is 16.6. The molecule has 0 fully saturated rings. The molecule has 0 unspecified atom stereocenters. The first-order valence-corrected chi connectivity index (χ1v) is 15.7. The fraction of sp³-hybridized carbons (Fsp3) is 0.897. The molecule has 4 N–H and O–H groups in total. The number of carbonyl (C=O) groups is 3. The predicted octanol–water partition coefficient (Wildman–Crippen LogP) is -0.732. The topological polar surface area (TPSA) is 173 Å². The van der Waals surface area contributed by atoms with E-state index in [1.54, 1.807) is 6.92 Å². The zero-order valence-corrected chi connectivity index (χ0v) is 27.0. The van der Waals surface area contributed by atoms with Crippen LogP contribution in [0.2, 0.25) is 0 Å². The highest BCUT2D eigenvalue weighted by Crippen LogP contribution is 1.98. The first-order valence-electron chi connectivity index (χ1n) is 15.7. The van der Waals surface area contributed by atoms with Crippen LogP contribution >= 0.6 is 0 Å². The van der Waals surface area contributed by atoms with Crippen LogP contribution in [0.3, 0.4) is 0 Å². The average molecular weight is 639 g/mol. The Bertz CT molecular complexity index is 663. The highest BCUT2D eigenvalue weighted by molar-refractivity contribution is 5.85. The summed E-state index contributed by atoms with van der Waals surface area (Å²) in [4.78, 5) is 34.4. The molecule has 0 aliphatic carbocycles. The van der Waals surface area contributed by atoms with Gasteiger partial charge in [0.2, 0.25) is 17.7 Å². The molecule has 0 aromatic heterocycles. The number of amides is 3. The molecular formula is C29H58N4O11. The molecule has 0 aromatic carbocycles. The summed E-state index contributed by atoms with van der Waals surface area (Å²) in [5, 5.41) is 11.0. The monoisotopic (exact) mass is 638 g/mol.